The predicted octanol–water partition coefficient (Wildman–Crippen LogP) is 5.26. The van der Waals surface area contributed by atoms with Gasteiger partial charge in [-0.2, -0.15) is 13.2 Å². The fraction of sp³-hybridized carbons (Fsp3) is 0.150. The number of halogens is 3. The van der Waals surface area contributed by atoms with Gasteiger partial charge in [0.1, 0.15) is 5.75 Å². The lowest BCUT2D eigenvalue weighted by molar-refractivity contribution is -0.137. The van der Waals surface area contributed by atoms with Crippen molar-refractivity contribution < 1.29 is 22.7 Å². The molecule has 0 aliphatic rings. The van der Waals surface area contributed by atoms with Crippen molar-refractivity contribution >= 4 is 22.4 Å². The van der Waals surface area contributed by atoms with E-state index in [0.717, 1.165) is 16.8 Å². The summed E-state index contributed by atoms with van der Waals surface area (Å²) < 4.78 is 44.8. The Labute approximate surface area is 148 Å². The number of fused-ring (bicyclic) bond motifs is 1. The third kappa shape index (κ3) is 3.79. The van der Waals surface area contributed by atoms with Crippen molar-refractivity contribution in [1.29, 1.82) is 0 Å². The van der Waals surface area contributed by atoms with E-state index in [0.29, 0.717) is 5.75 Å². The van der Waals surface area contributed by atoms with Gasteiger partial charge in [0, 0.05) is 5.39 Å². The van der Waals surface area contributed by atoms with Crippen LogP contribution in [0.2, 0.25) is 0 Å². The Morgan fingerprint density at radius 2 is 1.62 bits per heavy atom. The van der Waals surface area contributed by atoms with E-state index >= 15 is 0 Å². The van der Waals surface area contributed by atoms with E-state index in [1.165, 1.54) is 25.1 Å². The molecule has 3 rings (SSSR count). The van der Waals surface area contributed by atoms with Gasteiger partial charge in [0.25, 0.3) is 5.91 Å². The highest BCUT2D eigenvalue weighted by Crippen LogP contribution is 2.34. The van der Waals surface area contributed by atoms with E-state index in [4.69, 9.17) is 4.74 Å². The Morgan fingerprint density at radius 1 is 0.962 bits per heavy atom. The van der Waals surface area contributed by atoms with Crippen molar-refractivity contribution in [1.82, 2.24) is 0 Å². The maximum absolute atomic E-state index is 13.0. The van der Waals surface area contributed by atoms with Gasteiger partial charge in [-0.3, -0.25) is 4.79 Å². The average Bonchev–Trinajstić information content (AvgIpc) is 2.61. The van der Waals surface area contributed by atoms with Gasteiger partial charge in [-0.05, 0) is 30.5 Å². The Balaban J connectivity index is 1.79. The highest BCUT2D eigenvalue weighted by Gasteiger charge is 2.34. The molecular weight excluding hydrogens is 343 g/mol. The van der Waals surface area contributed by atoms with Crippen LogP contribution in [0, 0.1) is 0 Å². The van der Waals surface area contributed by atoms with E-state index in [2.05, 4.69) is 5.32 Å². The van der Waals surface area contributed by atoms with E-state index in [9.17, 15) is 18.0 Å². The number of para-hydroxylation sites is 1. The minimum Gasteiger partial charge on any atom is -0.480 e. The molecular formula is C20H16F3NO2. The zero-order chi connectivity index (χ0) is 18.7. The zero-order valence-corrected chi connectivity index (χ0v) is 13.9. The maximum atomic E-state index is 13.0. The fourth-order valence-corrected chi connectivity index (χ4v) is 2.62. The molecule has 0 saturated heterocycles. The number of carbonyl (C=O) groups is 1. The number of hydrogen-bond donors (Lipinski definition) is 1. The lowest BCUT2D eigenvalue weighted by Gasteiger charge is -2.18. The van der Waals surface area contributed by atoms with Crippen LogP contribution in [0.4, 0.5) is 18.9 Å². The normalized spacial score (nSPS) is 12.6. The minimum absolute atomic E-state index is 0.293. The number of ether oxygens (including phenoxy) is 1. The van der Waals surface area contributed by atoms with E-state index in [-0.39, 0.29) is 5.69 Å². The molecule has 3 aromatic rings. The summed E-state index contributed by atoms with van der Waals surface area (Å²) in [6.45, 7) is 1.49. The Hall–Kier alpha value is -3.02. The standard InChI is InChI=1S/C20H16F3NO2/c1-13(26-18-12-6-8-14-7-2-3-9-15(14)18)19(25)24-17-11-5-4-10-16(17)20(21,22)23/h2-13H,1H3,(H,24,25)/t13-/m1/s1. The first-order valence-electron chi connectivity index (χ1n) is 7.98. The van der Waals surface area contributed by atoms with Gasteiger partial charge in [-0.1, -0.05) is 48.5 Å². The number of rotatable bonds is 4. The second kappa shape index (κ2) is 7.07. The molecule has 0 heterocycles. The van der Waals surface area contributed by atoms with Crippen molar-refractivity contribution in [2.45, 2.75) is 19.2 Å². The van der Waals surface area contributed by atoms with Crippen molar-refractivity contribution in [2.75, 3.05) is 5.32 Å². The van der Waals surface area contributed by atoms with Crippen LogP contribution in [0.5, 0.6) is 5.75 Å². The molecule has 0 aliphatic carbocycles. The molecule has 26 heavy (non-hydrogen) atoms. The van der Waals surface area contributed by atoms with Gasteiger partial charge < -0.3 is 10.1 Å². The lowest BCUT2D eigenvalue weighted by atomic mass is 10.1. The summed E-state index contributed by atoms with van der Waals surface area (Å²) in [5.74, 6) is -0.163. The van der Waals surface area contributed by atoms with Gasteiger partial charge in [0.15, 0.2) is 6.10 Å². The van der Waals surface area contributed by atoms with Gasteiger partial charge >= 0.3 is 6.18 Å². The van der Waals surface area contributed by atoms with E-state index in [1.807, 2.05) is 30.3 Å². The highest BCUT2D eigenvalue weighted by molar-refractivity contribution is 5.95. The third-order valence-electron chi connectivity index (χ3n) is 3.91. The first-order chi connectivity index (χ1) is 12.4. The minimum atomic E-state index is -4.55. The van der Waals surface area contributed by atoms with Crippen molar-refractivity contribution in [3.63, 3.8) is 0 Å². The topological polar surface area (TPSA) is 38.3 Å². The molecule has 0 aromatic heterocycles. The Kier molecular flexibility index (Phi) is 4.84. The molecule has 1 amide bonds. The van der Waals surface area contributed by atoms with Crippen LogP contribution >= 0.6 is 0 Å². The number of hydrogen-bond acceptors (Lipinski definition) is 2. The highest BCUT2D eigenvalue weighted by atomic mass is 19.4. The first-order valence-corrected chi connectivity index (χ1v) is 7.98. The van der Waals surface area contributed by atoms with Crippen LogP contribution in [-0.4, -0.2) is 12.0 Å². The van der Waals surface area contributed by atoms with Gasteiger partial charge in [-0.25, -0.2) is 0 Å². The molecule has 3 aromatic carbocycles. The van der Waals surface area contributed by atoms with E-state index in [1.54, 1.807) is 12.1 Å². The molecule has 0 unspecified atom stereocenters. The van der Waals surface area contributed by atoms with Gasteiger partial charge in [0.2, 0.25) is 0 Å². The third-order valence-corrected chi connectivity index (χ3v) is 3.91. The summed E-state index contributed by atoms with van der Waals surface area (Å²) in [7, 11) is 0. The van der Waals surface area contributed by atoms with Gasteiger partial charge in [0.05, 0.1) is 11.3 Å². The number of nitrogens with one attached hydrogen (secondary N) is 1. The summed E-state index contributed by atoms with van der Waals surface area (Å²) in [6, 6.07) is 17.8. The molecule has 1 atom stereocenters. The number of carbonyl (C=O) groups excluding carboxylic acids is 1. The van der Waals surface area contributed by atoms with Crippen LogP contribution < -0.4 is 10.1 Å². The predicted molar refractivity (Wildman–Crippen MR) is 94.1 cm³/mol. The van der Waals surface area contributed by atoms with Gasteiger partial charge in [-0.15, -0.1) is 0 Å². The molecule has 134 valence electrons. The van der Waals surface area contributed by atoms with Crippen LogP contribution in [0.25, 0.3) is 10.8 Å². The Morgan fingerprint density at radius 3 is 2.38 bits per heavy atom. The quantitative estimate of drug-likeness (QED) is 0.690. The van der Waals surface area contributed by atoms with Crippen molar-refractivity contribution in [3.8, 4) is 5.75 Å². The summed E-state index contributed by atoms with van der Waals surface area (Å²) >= 11 is 0. The SMILES string of the molecule is C[C@@H](Oc1cccc2ccccc12)C(=O)Nc1ccccc1C(F)(F)F. The van der Waals surface area contributed by atoms with Crippen molar-refractivity contribution in [2.24, 2.45) is 0 Å². The molecule has 0 bridgehead atoms. The van der Waals surface area contributed by atoms with Crippen LogP contribution in [0.3, 0.4) is 0 Å². The molecule has 1 N–H and O–H groups in total. The summed E-state index contributed by atoms with van der Waals surface area (Å²) in [5, 5.41) is 4.07. The number of amides is 1. The first kappa shape index (κ1) is 17.8. The van der Waals surface area contributed by atoms with Crippen LogP contribution in [0.15, 0.2) is 66.7 Å². The summed E-state index contributed by atoms with van der Waals surface area (Å²) in [5.41, 5.74) is -1.19. The largest absolute Gasteiger partial charge is 0.480 e. The average molecular weight is 359 g/mol. The number of benzene rings is 3. The Bertz CT molecular complexity index is 932. The molecule has 0 fully saturated rings. The lowest BCUT2D eigenvalue weighted by Crippen LogP contribution is -2.31. The van der Waals surface area contributed by atoms with E-state index < -0.39 is 23.8 Å². The van der Waals surface area contributed by atoms with Crippen LogP contribution in [-0.2, 0) is 11.0 Å². The molecule has 0 spiro atoms. The summed E-state index contributed by atoms with van der Waals surface area (Å²) in [4.78, 5) is 12.3. The smallest absolute Gasteiger partial charge is 0.418 e. The maximum Gasteiger partial charge on any atom is 0.418 e. The molecule has 0 saturated carbocycles. The zero-order valence-electron chi connectivity index (χ0n) is 13.9. The molecule has 0 aliphatic heterocycles. The molecule has 0 radical (unpaired) electrons. The second-order valence-corrected chi connectivity index (χ2v) is 5.77. The van der Waals surface area contributed by atoms with Crippen LogP contribution in [0.1, 0.15) is 12.5 Å². The second-order valence-electron chi connectivity index (χ2n) is 5.77. The monoisotopic (exact) mass is 359 g/mol. The number of anilines is 1. The van der Waals surface area contributed by atoms with Crippen molar-refractivity contribution in [3.05, 3.63) is 72.3 Å². The fourth-order valence-electron chi connectivity index (χ4n) is 2.62. The number of alkyl halides is 3. The molecule has 6 heteroatoms. The summed E-state index contributed by atoms with van der Waals surface area (Å²) in [6.07, 6.45) is -5.52. The molecule has 3 nitrogen and oxygen atoms in total.